The molecule has 0 heterocycles. The van der Waals surface area contributed by atoms with Crippen molar-refractivity contribution in [2.45, 2.75) is 46.8 Å². The summed E-state index contributed by atoms with van der Waals surface area (Å²) < 4.78 is 0. The molecule has 0 fully saturated rings. The van der Waals surface area contributed by atoms with Crippen molar-refractivity contribution in [3.05, 3.63) is 70.8 Å². The van der Waals surface area contributed by atoms with Gasteiger partial charge < -0.3 is 16.4 Å². The van der Waals surface area contributed by atoms with Crippen LogP contribution in [0, 0.1) is 12.3 Å². The second-order valence-corrected chi connectivity index (χ2v) is 7.93. The number of nitrogens with two attached hydrogens (primary N) is 1. The van der Waals surface area contributed by atoms with Gasteiger partial charge in [-0.3, -0.25) is 9.59 Å². The van der Waals surface area contributed by atoms with Crippen LogP contribution in [-0.2, 0) is 17.9 Å². The van der Waals surface area contributed by atoms with E-state index in [-0.39, 0.29) is 17.2 Å². The van der Waals surface area contributed by atoms with Gasteiger partial charge >= 0.3 is 0 Å². The van der Waals surface area contributed by atoms with Crippen molar-refractivity contribution < 1.29 is 9.59 Å². The first-order valence-corrected chi connectivity index (χ1v) is 9.13. The van der Waals surface area contributed by atoms with Crippen molar-refractivity contribution in [1.82, 2.24) is 10.6 Å². The predicted molar refractivity (Wildman–Crippen MR) is 108 cm³/mol. The molecule has 0 aliphatic heterocycles. The number of benzene rings is 2. The van der Waals surface area contributed by atoms with Crippen LogP contribution in [-0.4, -0.2) is 17.9 Å². The van der Waals surface area contributed by atoms with E-state index in [1.54, 1.807) is 12.1 Å². The zero-order valence-electron chi connectivity index (χ0n) is 16.5. The number of amides is 2. The number of hydrogen-bond acceptors (Lipinski definition) is 3. The molecule has 0 saturated heterocycles. The molecule has 0 spiro atoms. The van der Waals surface area contributed by atoms with Gasteiger partial charge in [-0.05, 0) is 35.6 Å². The van der Waals surface area contributed by atoms with Crippen LogP contribution in [0.5, 0.6) is 0 Å². The smallest absolute Gasteiger partial charge is 0.251 e. The minimum Gasteiger partial charge on any atom is -0.351 e. The molecule has 2 aromatic carbocycles. The molecule has 144 valence electrons. The van der Waals surface area contributed by atoms with E-state index in [9.17, 15) is 9.59 Å². The van der Waals surface area contributed by atoms with Gasteiger partial charge in [0.2, 0.25) is 5.91 Å². The topological polar surface area (TPSA) is 84.2 Å². The number of carbonyl (C=O) groups is 2. The molecule has 0 aliphatic rings. The average Bonchev–Trinajstić information content (AvgIpc) is 2.64. The summed E-state index contributed by atoms with van der Waals surface area (Å²) in [5, 5.41) is 5.76. The Bertz CT molecular complexity index is 792. The van der Waals surface area contributed by atoms with E-state index in [0.717, 1.165) is 11.1 Å². The normalized spacial score (nSPS) is 12.3. The second-order valence-electron chi connectivity index (χ2n) is 7.93. The van der Waals surface area contributed by atoms with Crippen molar-refractivity contribution in [2.24, 2.45) is 11.1 Å². The highest BCUT2D eigenvalue weighted by Crippen LogP contribution is 2.17. The molecule has 2 aromatic rings. The quantitative estimate of drug-likeness (QED) is 0.734. The highest BCUT2D eigenvalue weighted by molar-refractivity contribution is 5.94. The molecule has 5 heteroatoms. The first kappa shape index (κ1) is 20.6. The number of rotatable bonds is 6. The molecular weight excluding hydrogens is 338 g/mol. The minimum absolute atomic E-state index is 0.143. The molecule has 27 heavy (non-hydrogen) atoms. The number of carbonyl (C=O) groups excluding carboxylic acids is 2. The third kappa shape index (κ3) is 6.22. The Balaban J connectivity index is 1.93. The fourth-order valence-corrected chi connectivity index (χ4v) is 2.51. The zero-order valence-corrected chi connectivity index (χ0v) is 16.5. The summed E-state index contributed by atoms with van der Waals surface area (Å²) in [4.78, 5) is 24.5. The third-order valence-corrected chi connectivity index (χ3v) is 4.45. The van der Waals surface area contributed by atoms with Crippen LogP contribution in [0.25, 0.3) is 0 Å². The van der Waals surface area contributed by atoms with Gasteiger partial charge in [-0.15, -0.1) is 0 Å². The first-order valence-electron chi connectivity index (χ1n) is 9.13. The molecule has 5 nitrogen and oxygen atoms in total. The maximum absolute atomic E-state index is 12.4. The molecule has 1 atom stereocenters. The number of aryl methyl sites for hydroxylation is 1. The average molecular weight is 367 g/mol. The van der Waals surface area contributed by atoms with Crippen molar-refractivity contribution in [1.29, 1.82) is 0 Å². The van der Waals surface area contributed by atoms with E-state index in [4.69, 9.17) is 5.73 Å². The van der Waals surface area contributed by atoms with Crippen molar-refractivity contribution >= 4 is 11.8 Å². The SMILES string of the molecule is Cc1ccc(CNC(=O)c2cccc(CNC(=O)[C@@H](N)C(C)(C)C)c2)cc1. The Morgan fingerprint density at radius 1 is 0.963 bits per heavy atom. The highest BCUT2D eigenvalue weighted by Gasteiger charge is 2.27. The molecule has 2 rings (SSSR count). The summed E-state index contributed by atoms with van der Waals surface area (Å²) in [7, 11) is 0. The van der Waals surface area contributed by atoms with E-state index in [1.165, 1.54) is 5.56 Å². The van der Waals surface area contributed by atoms with Gasteiger partial charge in [-0.1, -0.05) is 62.7 Å². The van der Waals surface area contributed by atoms with Crippen LogP contribution in [0.3, 0.4) is 0 Å². The Morgan fingerprint density at radius 2 is 1.59 bits per heavy atom. The molecule has 2 amide bonds. The molecule has 0 saturated carbocycles. The Morgan fingerprint density at radius 3 is 2.22 bits per heavy atom. The van der Waals surface area contributed by atoms with Crippen molar-refractivity contribution in [3.8, 4) is 0 Å². The molecule has 0 unspecified atom stereocenters. The Labute approximate surface area is 161 Å². The summed E-state index contributed by atoms with van der Waals surface area (Å²) in [6.45, 7) is 8.62. The van der Waals surface area contributed by atoms with Crippen LogP contribution in [0.15, 0.2) is 48.5 Å². The van der Waals surface area contributed by atoms with Crippen LogP contribution in [0.2, 0.25) is 0 Å². The lowest BCUT2D eigenvalue weighted by Gasteiger charge is -2.25. The van der Waals surface area contributed by atoms with Gasteiger partial charge in [0.05, 0.1) is 6.04 Å². The largest absolute Gasteiger partial charge is 0.351 e. The molecule has 0 radical (unpaired) electrons. The van der Waals surface area contributed by atoms with Gasteiger partial charge in [0, 0.05) is 18.7 Å². The van der Waals surface area contributed by atoms with E-state index in [2.05, 4.69) is 10.6 Å². The van der Waals surface area contributed by atoms with Crippen LogP contribution >= 0.6 is 0 Å². The summed E-state index contributed by atoms with van der Waals surface area (Å²) in [5.74, 6) is -0.341. The lowest BCUT2D eigenvalue weighted by Crippen LogP contribution is -2.48. The van der Waals surface area contributed by atoms with Gasteiger partial charge in [-0.25, -0.2) is 0 Å². The van der Waals surface area contributed by atoms with Gasteiger partial charge in [0.25, 0.3) is 5.91 Å². The predicted octanol–water partition coefficient (Wildman–Crippen LogP) is 2.91. The molecule has 0 aliphatic carbocycles. The Kier molecular flexibility index (Phi) is 6.75. The van der Waals surface area contributed by atoms with Crippen LogP contribution in [0.4, 0.5) is 0 Å². The van der Waals surface area contributed by atoms with Crippen LogP contribution < -0.4 is 16.4 Å². The standard InChI is InChI=1S/C22H29N3O2/c1-15-8-10-16(11-9-15)13-24-20(26)18-7-5-6-17(12-18)14-25-21(27)19(23)22(2,3)4/h5-12,19H,13-14,23H2,1-4H3,(H,24,26)(H,25,27)/t19-/m1/s1. The van der Waals surface area contributed by atoms with E-state index in [0.29, 0.717) is 18.7 Å². The maximum Gasteiger partial charge on any atom is 0.251 e. The zero-order chi connectivity index (χ0) is 20.0. The van der Waals surface area contributed by atoms with E-state index < -0.39 is 6.04 Å². The highest BCUT2D eigenvalue weighted by atomic mass is 16.2. The van der Waals surface area contributed by atoms with Crippen molar-refractivity contribution in [3.63, 3.8) is 0 Å². The molecule has 0 bridgehead atoms. The van der Waals surface area contributed by atoms with Gasteiger partial charge in [-0.2, -0.15) is 0 Å². The van der Waals surface area contributed by atoms with E-state index >= 15 is 0 Å². The number of hydrogen-bond donors (Lipinski definition) is 3. The minimum atomic E-state index is -0.585. The number of nitrogens with one attached hydrogen (secondary N) is 2. The van der Waals surface area contributed by atoms with E-state index in [1.807, 2.05) is 64.1 Å². The Hall–Kier alpha value is -2.66. The monoisotopic (exact) mass is 367 g/mol. The molecular formula is C22H29N3O2. The maximum atomic E-state index is 12.4. The molecule has 0 aromatic heterocycles. The third-order valence-electron chi connectivity index (χ3n) is 4.45. The second kappa shape index (κ2) is 8.82. The summed E-state index contributed by atoms with van der Waals surface area (Å²) in [6.07, 6.45) is 0. The summed E-state index contributed by atoms with van der Waals surface area (Å²) in [6, 6.07) is 14.7. The lowest BCUT2D eigenvalue weighted by molar-refractivity contribution is -0.124. The fraction of sp³-hybridized carbons (Fsp3) is 0.364. The lowest BCUT2D eigenvalue weighted by atomic mass is 9.87. The first-order chi connectivity index (χ1) is 12.7. The fourth-order valence-electron chi connectivity index (χ4n) is 2.51. The van der Waals surface area contributed by atoms with Crippen LogP contribution in [0.1, 0.15) is 47.8 Å². The van der Waals surface area contributed by atoms with Gasteiger partial charge in [0.15, 0.2) is 0 Å². The molecule has 4 N–H and O–H groups in total. The van der Waals surface area contributed by atoms with Gasteiger partial charge in [0.1, 0.15) is 0 Å². The summed E-state index contributed by atoms with van der Waals surface area (Å²) >= 11 is 0. The van der Waals surface area contributed by atoms with Crippen molar-refractivity contribution in [2.75, 3.05) is 0 Å². The summed E-state index contributed by atoms with van der Waals surface area (Å²) in [5.41, 5.74) is 9.31.